The quantitative estimate of drug-likeness (QED) is 0.739. The van der Waals surface area contributed by atoms with Crippen LogP contribution >= 0.6 is 0 Å². The van der Waals surface area contributed by atoms with Crippen LogP contribution in [0.25, 0.3) is 0 Å². The number of sulfonamides is 1. The second-order valence-electron chi connectivity index (χ2n) is 3.99. The normalized spacial score (nSPS) is 27.6. The molecule has 1 aliphatic rings. The minimum absolute atomic E-state index is 0.268. The number of nitrogens with zero attached hydrogens (tertiary/aromatic N) is 1. The maximum Gasteiger partial charge on any atom is 0.389 e. The summed E-state index contributed by atoms with van der Waals surface area (Å²) in [7, 11) is -3.83. The Morgan fingerprint density at radius 2 is 1.65 bits per heavy atom. The van der Waals surface area contributed by atoms with E-state index < -0.39 is 47.0 Å². The van der Waals surface area contributed by atoms with E-state index in [1.165, 1.54) is 0 Å². The van der Waals surface area contributed by atoms with Gasteiger partial charge in [-0.1, -0.05) is 0 Å². The summed E-state index contributed by atoms with van der Waals surface area (Å²) in [6.07, 6.45) is -8.40. The molecule has 17 heavy (non-hydrogen) atoms. The molecule has 0 radical (unpaired) electrons. The molecule has 1 fully saturated rings. The van der Waals surface area contributed by atoms with Gasteiger partial charge < -0.3 is 10.2 Å². The van der Waals surface area contributed by atoms with Gasteiger partial charge in [0, 0.05) is 19.5 Å². The topological polar surface area (TPSA) is 77.8 Å². The van der Waals surface area contributed by atoms with E-state index in [-0.39, 0.29) is 13.1 Å². The van der Waals surface area contributed by atoms with Crippen molar-refractivity contribution in [2.75, 3.05) is 18.8 Å². The van der Waals surface area contributed by atoms with Gasteiger partial charge in [-0.3, -0.25) is 0 Å². The van der Waals surface area contributed by atoms with Gasteiger partial charge in [-0.2, -0.15) is 17.5 Å². The lowest BCUT2D eigenvalue weighted by molar-refractivity contribution is -0.134. The van der Waals surface area contributed by atoms with Crippen molar-refractivity contribution in [3.63, 3.8) is 0 Å². The van der Waals surface area contributed by atoms with Crippen molar-refractivity contribution in [2.24, 2.45) is 0 Å². The molecule has 0 spiro atoms. The lowest BCUT2D eigenvalue weighted by Gasteiger charge is -2.15. The number of hydrogen-bond acceptors (Lipinski definition) is 4. The number of aliphatic hydroxyl groups is 2. The number of alkyl halides is 3. The molecule has 0 saturated carbocycles. The molecule has 5 nitrogen and oxygen atoms in total. The van der Waals surface area contributed by atoms with Gasteiger partial charge in [0.25, 0.3) is 0 Å². The highest BCUT2D eigenvalue weighted by Gasteiger charge is 2.37. The number of aliphatic hydroxyl groups excluding tert-OH is 2. The maximum absolute atomic E-state index is 11.8. The average Bonchev–Trinajstić information content (AvgIpc) is 2.45. The predicted molar refractivity (Wildman–Crippen MR) is 52.7 cm³/mol. The lowest BCUT2D eigenvalue weighted by atomic mass is 10.3. The second-order valence-corrected chi connectivity index (χ2v) is 6.07. The molecule has 1 rings (SSSR count). The van der Waals surface area contributed by atoms with Crippen molar-refractivity contribution in [3.05, 3.63) is 0 Å². The van der Waals surface area contributed by atoms with Crippen LogP contribution in [0.5, 0.6) is 0 Å². The summed E-state index contributed by atoms with van der Waals surface area (Å²) in [4.78, 5) is 0. The van der Waals surface area contributed by atoms with Crippen molar-refractivity contribution >= 4 is 10.0 Å². The smallest absolute Gasteiger partial charge is 0.389 e. The molecule has 0 aromatic rings. The van der Waals surface area contributed by atoms with Gasteiger partial charge in [0.15, 0.2) is 0 Å². The first-order valence-corrected chi connectivity index (χ1v) is 6.63. The first kappa shape index (κ1) is 14.7. The zero-order valence-electron chi connectivity index (χ0n) is 8.89. The molecule has 2 N–H and O–H groups in total. The fourth-order valence-electron chi connectivity index (χ4n) is 1.55. The summed E-state index contributed by atoms with van der Waals surface area (Å²) in [6, 6.07) is 0. The van der Waals surface area contributed by atoms with Crippen LogP contribution in [-0.4, -0.2) is 60.2 Å². The van der Waals surface area contributed by atoms with Gasteiger partial charge in [0.1, 0.15) is 0 Å². The Balaban J connectivity index is 2.47. The summed E-state index contributed by atoms with van der Waals surface area (Å²) in [5, 5.41) is 18.3. The van der Waals surface area contributed by atoms with Gasteiger partial charge >= 0.3 is 6.18 Å². The summed E-state index contributed by atoms with van der Waals surface area (Å²) < 4.78 is 59.4. The van der Waals surface area contributed by atoms with Crippen LogP contribution in [0.3, 0.4) is 0 Å². The van der Waals surface area contributed by atoms with Gasteiger partial charge in [-0.15, -0.1) is 0 Å². The molecule has 0 amide bonds. The Bertz CT molecular complexity index is 346. The van der Waals surface area contributed by atoms with E-state index in [2.05, 4.69) is 0 Å². The number of halogens is 3. The molecule has 2 atom stereocenters. The van der Waals surface area contributed by atoms with Crippen LogP contribution in [0.1, 0.15) is 12.8 Å². The van der Waals surface area contributed by atoms with E-state index in [1.807, 2.05) is 0 Å². The Hall–Kier alpha value is -0.380. The predicted octanol–water partition coefficient (Wildman–Crippen LogP) is -0.304. The van der Waals surface area contributed by atoms with Crippen LogP contribution < -0.4 is 0 Å². The first-order valence-electron chi connectivity index (χ1n) is 5.02. The molecule has 9 heteroatoms. The standard InChI is InChI=1S/C8H14F3NO4S/c9-8(10,11)2-1-3-17(15,16)12-4-6(13)7(14)5-12/h6-7,13-14H,1-5H2/t6-,7+. The highest BCUT2D eigenvalue weighted by molar-refractivity contribution is 7.89. The van der Waals surface area contributed by atoms with Gasteiger partial charge in [0.2, 0.25) is 10.0 Å². The van der Waals surface area contributed by atoms with Gasteiger partial charge in [0.05, 0.1) is 18.0 Å². The Kier molecular flexibility index (Phi) is 4.39. The molecule has 0 aromatic carbocycles. The van der Waals surface area contributed by atoms with Crippen molar-refractivity contribution in [2.45, 2.75) is 31.2 Å². The SMILES string of the molecule is O=S(=O)(CCCC(F)(F)F)N1C[C@@H](O)[C@@H](O)C1. The third-order valence-corrected chi connectivity index (χ3v) is 4.37. The van der Waals surface area contributed by atoms with Crippen LogP contribution in [0.4, 0.5) is 13.2 Å². The molecule has 1 heterocycles. The monoisotopic (exact) mass is 277 g/mol. The number of rotatable bonds is 4. The minimum atomic E-state index is -4.38. The number of β-amino-alcohol motifs (C(OH)–C–C–N with tert-alkyl or cyclic N) is 2. The van der Waals surface area contributed by atoms with E-state index in [0.29, 0.717) is 0 Å². The Morgan fingerprint density at radius 1 is 1.18 bits per heavy atom. The highest BCUT2D eigenvalue weighted by atomic mass is 32.2. The van der Waals surface area contributed by atoms with E-state index in [1.54, 1.807) is 0 Å². The second kappa shape index (κ2) is 5.09. The Labute approximate surface area is 96.9 Å². The molecule has 0 bridgehead atoms. The third-order valence-electron chi connectivity index (χ3n) is 2.48. The zero-order valence-corrected chi connectivity index (χ0v) is 9.71. The van der Waals surface area contributed by atoms with E-state index in [0.717, 1.165) is 4.31 Å². The minimum Gasteiger partial charge on any atom is -0.389 e. The summed E-state index contributed by atoms with van der Waals surface area (Å²) in [6.45, 7) is -0.537. The van der Waals surface area contributed by atoms with E-state index in [9.17, 15) is 21.6 Å². The van der Waals surface area contributed by atoms with Gasteiger partial charge in [-0.05, 0) is 6.42 Å². The van der Waals surface area contributed by atoms with Crippen LogP contribution in [0.15, 0.2) is 0 Å². The first-order chi connectivity index (χ1) is 7.62. The Morgan fingerprint density at radius 3 is 2.06 bits per heavy atom. The van der Waals surface area contributed by atoms with Crippen LogP contribution in [-0.2, 0) is 10.0 Å². The molecular weight excluding hydrogens is 263 g/mol. The maximum atomic E-state index is 11.8. The van der Waals surface area contributed by atoms with Crippen LogP contribution in [0, 0.1) is 0 Å². The molecule has 0 unspecified atom stereocenters. The fourth-order valence-corrected chi connectivity index (χ4v) is 3.07. The fraction of sp³-hybridized carbons (Fsp3) is 1.00. The summed E-state index contributed by atoms with van der Waals surface area (Å²) in [5.41, 5.74) is 0. The van der Waals surface area contributed by atoms with Crippen molar-refractivity contribution in [3.8, 4) is 0 Å². The largest absolute Gasteiger partial charge is 0.389 e. The van der Waals surface area contributed by atoms with E-state index >= 15 is 0 Å². The van der Waals surface area contributed by atoms with E-state index in [4.69, 9.17) is 10.2 Å². The molecule has 1 aliphatic heterocycles. The summed E-state index contributed by atoms with van der Waals surface area (Å²) >= 11 is 0. The van der Waals surface area contributed by atoms with Crippen molar-refractivity contribution in [1.29, 1.82) is 0 Å². The number of hydrogen-bond donors (Lipinski definition) is 2. The average molecular weight is 277 g/mol. The van der Waals surface area contributed by atoms with Crippen molar-refractivity contribution < 1.29 is 31.8 Å². The zero-order chi connectivity index (χ0) is 13.3. The van der Waals surface area contributed by atoms with Crippen molar-refractivity contribution in [1.82, 2.24) is 4.31 Å². The summed E-state index contributed by atoms with van der Waals surface area (Å²) in [5.74, 6) is -0.633. The lowest BCUT2D eigenvalue weighted by Crippen LogP contribution is -2.32. The molecule has 102 valence electrons. The molecular formula is C8H14F3NO4S. The third kappa shape index (κ3) is 4.41. The van der Waals surface area contributed by atoms with Crippen LogP contribution in [0.2, 0.25) is 0 Å². The molecule has 1 saturated heterocycles. The highest BCUT2D eigenvalue weighted by Crippen LogP contribution is 2.23. The molecule has 0 aliphatic carbocycles. The molecule has 0 aromatic heterocycles. The van der Waals surface area contributed by atoms with Gasteiger partial charge in [-0.25, -0.2) is 8.42 Å².